The average molecular weight is 312 g/mol. The van der Waals surface area contributed by atoms with Crippen molar-refractivity contribution in [3.63, 3.8) is 0 Å². The molecule has 6 heteroatoms. The molecule has 0 aliphatic heterocycles. The Bertz CT molecular complexity index is 662. The first kappa shape index (κ1) is 16.7. The van der Waals surface area contributed by atoms with Crippen molar-refractivity contribution in [2.75, 3.05) is 6.54 Å². The number of halogens is 3. The minimum Gasteiger partial charge on any atom is -0.387 e. The molecule has 22 heavy (non-hydrogen) atoms. The van der Waals surface area contributed by atoms with Crippen molar-refractivity contribution in [1.29, 1.82) is 0 Å². The van der Waals surface area contributed by atoms with Gasteiger partial charge < -0.3 is 10.4 Å². The molecule has 2 aromatic rings. The number of alkyl halides is 3. The van der Waals surface area contributed by atoms with Gasteiger partial charge in [0.15, 0.2) is 0 Å². The van der Waals surface area contributed by atoms with E-state index in [-0.39, 0.29) is 23.0 Å². The molecule has 0 spiro atoms. The van der Waals surface area contributed by atoms with Crippen molar-refractivity contribution in [3.8, 4) is 0 Å². The second kappa shape index (κ2) is 5.85. The van der Waals surface area contributed by atoms with Gasteiger partial charge in [0.2, 0.25) is 0 Å². The Morgan fingerprint density at radius 2 is 1.86 bits per heavy atom. The van der Waals surface area contributed by atoms with Crippen LogP contribution < -0.4 is 5.32 Å². The third-order valence-electron chi connectivity index (χ3n) is 3.29. The van der Waals surface area contributed by atoms with E-state index in [1.807, 2.05) is 20.8 Å². The molecule has 2 rings (SSSR count). The van der Waals surface area contributed by atoms with E-state index in [9.17, 15) is 18.3 Å². The number of hydrogen-bond acceptors (Lipinski definition) is 3. The van der Waals surface area contributed by atoms with Crippen LogP contribution in [0.4, 0.5) is 13.2 Å². The van der Waals surface area contributed by atoms with E-state index in [2.05, 4.69) is 10.3 Å². The van der Waals surface area contributed by atoms with Gasteiger partial charge >= 0.3 is 6.18 Å². The zero-order valence-corrected chi connectivity index (χ0v) is 12.7. The van der Waals surface area contributed by atoms with Crippen LogP contribution in [0.3, 0.4) is 0 Å². The van der Waals surface area contributed by atoms with Gasteiger partial charge in [-0.3, -0.25) is 4.98 Å². The summed E-state index contributed by atoms with van der Waals surface area (Å²) in [5.74, 6) is 0. The summed E-state index contributed by atoms with van der Waals surface area (Å²) in [6.07, 6.45) is -3.96. The zero-order chi connectivity index (χ0) is 16.5. The molecule has 1 aromatic heterocycles. The van der Waals surface area contributed by atoms with Crippen molar-refractivity contribution in [1.82, 2.24) is 10.3 Å². The Hall–Kier alpha value is -1.66. The van der Waals surface area contributed by atoms with Gasteiger partial charge in [-0.05, 0) is 32.9 Å². The largest absolute Gasteiger partial charge is 0.417 e. The lowest BCUT2D eigenvalue weighted by molar-refractivity contribution is -0.136. The lowest BCUT2D eigenvalue weighted by atomic mass is 9.99. The number of benzene rings is 1. The summed E-state index contributed by atoms with van der Waals surface area (Å²) < 4.78 is 39.2. The third-order valence-corrected chi connectivity index (χ3v) is 3.29. The van der Waals surface area contributed by atoms with Crippen LogP contribution in [0.2, 0.25) is 0 Å². The average Bonchev–Trinajstić information content (AvgIpc) is 2.41. The molecule has 0 saturated carbocycles. The molecule has 0 bridgehead atoms. The maximum absolute atomic E-state index is 13.1. The minimum absolute atomic E-state index is 0.00214. The van der Waals surface area contributed by atoms with Gasteiger partial charge in [-0.25, -0.2) is 0 Å². The monoisotopic (exact) mass is 312 g/mol. The molecular formula is C16H19F3N2O. The molecule has 0 unspecified atom stereocenters. The van der Waals surface area contributed by atoms with Gasteiger partial charge in [0.1, 0.15) is 0 Å². The molecule has 1 atom stereocenters. The number of fused-ring (bicyclic) bond motifs is 1. The maximum atomic E-state index is 13.1. The number of pyridine rings is 1. The molecule has 0 aliphatic rings. The number of aromatic nitrogens is 1. The van der Waals surface area contributed by atoms with Crippen molar-refractivity contribution in [3.05, 3.63) is 41.6 Å². The lowest BCUT2D eigenvalue weighted by Gasteiger charge is -2.23. The predicted molar refractivity (Wildman–Crippen MR) is 79.5 cm³/mol. The van der Waals surface area contributed by atoms with Crippen molar-refractivity contribution >= 4 is 10.9 Å². The van der Waals surface area contributed by atoms with Crippen LogP contribution in [0.5, 0.6) is 0 Å². The van der Waals surface area contributed by atoms with E-state index in [1.54, 1.807) is 0 Å². The molecule has 120 valence electrons. The first-order valence-electron chi connectivity index (χ1n) is 6.97. The van der Waals surface area contributed by atoms with Gasteiger partial charge in [0.25, 0.3) is 0 Å². The summed E-state index contributed by atoms with van der Waals surface area (Å²) in [7, 11) is 0. The van der Waals surface area contributed by atoms with Crippen molar-refractivity contribution in [2.45, 2.75) is 38.6 Å². The number of β-amino-alcohol motifs (C(OH)–C–C–N with tert-alkyl or cyclic N) is 1. The van der Waals surface area contributed by atoms with Crippen molar-refractivity contribution in [2.24, 2.45) is 0 Å². The van der Waals surface area contributed by atoms with Crippen LogP contribution in [0.15, 0.2) is 30.5 Å². The Labute approximate surface area is 127 Å². The fourth-order valence-electron chi connectivity index (χ4n) is 2.22. The summed E-state index contributed by atoms with van der Waals surface area (Å²) >= 11 is 0. The smallest absolute Gasteiger partial charge is 0.387 e. The predicted octanol–water partition coefficient (Wildman–Crippen LogP) is 3.68. The Balaban J connectivity index is 2.44. The zero-order valence-electron chi connectivity index (χ0n) is 12.7. The molecule has 0 fully saturated rings. The summed E-state index contributed by atoms with van der Waals surface area (Å²) in [5.41, 5.74) is -0.368. The van der Waals surface area contributed by atoms with Crippen LogP contribution in [0, 0.1) is 0 Å². The second-order valence-electron chi connectivity index (χ2n) is 6.25. The highest BCUT2D eigenvalue weighted by Crippen LogP contribution is 2.36. The van der Waals surface area contributed by atoms with Gasteiger partial charge in [-0.1, -0.05) is 12.1 Å². The molecule has 0 saturated heterocycles. The standard InChI is InChI=1S/C16H19F3N2O/c1-15(2,3)21-9-13(22)11-6-7-12(16(17,18)19)10-5-4-8-20-14(10)11/h4-8,13,21-22H,9H2,1-3H3/t13-/m1/s1. The maximum Gasteiger partial charge on any atom is 0.417 e. The van der Waals surface area contributed by atoms with Crippen LogP contribution in [-0.4, -0.2) is 22.2 Å². The van der Waals surface area contributed by atoms with Crippen LogP contribution in [0.1, 0.15) is 38.0 Å². The number of rotatable bonds is 3. The summed E-state index contributed by atoms with van der Waals surface area (Å²) in [4.78, 5) is 4.03. The topological polar surface area (TPSA) is 45.1 Å². The van der Waals surface area contributed by atoms with Crippen LogP contribution in [-0.2, 0) is 6.18 Å². The van der Waals surface area contributed by atoms with E-state index in [4.69, 9.17) is 0 Å². The Morgan fingerprint density at radius 1 is 1.18 bits per heavy atom. The first-order valence-corrected chi connectivity index (χ1v) is 6.97. The van der Waals surface area contributed by atoms with Gasteiger partial charge in [-0.2, -0.15) is 13.2 Å². The van der Waals surface area contributed by atoms with E-state index in [0.717, 1.165) is 6.07 Å². The number of aliphatic hydroxyl groups excluding tert-OH is 1. The van der Waals surface area contributed by atoms with Gasteiger partial charge in [0.05, 0.1) is 17.2 Å². The van der Waals surface area contributed by atoms with E-state index in [1.165, 1.54) is 24.4 Å². The number of nitrogens with zero attached hydrogens (tertiary/aromatic N) is 1. The Kier molecular flexibility index (Phi) is 4.44. The quantitative estimate of drug-likeness (QED) is 0.909. The molecule has 1 heterocycles. The molecule has 0 amide bonds. The number of aliphatic hydroxyl groups is 1. The molecule has 0 radical (unpaired) electrons. The fraction of sp³-hybridized carbons (Fsp3) is 0.438. The molecular weight excluding hydrogens is 293 g/mol. The highest BCUT2D eigenvalue weighted by Gasteiger charge is 2.33. The Morgan fingerprint density at radius 3 is 2.45 bits per heavy atom. The normalized spacial score (nSPS) is 14.3. The van der Waals surface area contributed by atoms with Crippen molar-refractivity contribution < 1.29 is 18.3 Å². The summed E-state index contributed by atoms with van der Waals surface area (Å²) in [6, 6.07) is 5.13. The molecule has 0 aliphatic carbocycles. The first-order chi connectivity index (χ1) is 10.1. The summed E-state index contributed by atoms with van der Waals surface area (Å²) in [5, 5.41) is 13.4. The minimum atomic E-state index is -4.45. The van der Waals surface area contributed by atoms with E-state index < -0.39 is 17.8 Å². The number of hydrogen-bond donors (Lipinski definition) is 2. The van der Waals surface area contributed by atoms with Crippen LogP contribution >= 0.6 is 0 Å². The third kappa shape index (κ3) is 3.75. The highest BCUT2D eigenvalue weighted by molar-refractivity contribution is 5.85. The number of nitrogens with one attached hydrogen (secondary N) is 1. The van der Waals surface area contributed by atoms with Gasteiger partial charge in [0, 0.05) is 29.2 Å². The van der Waals surface area contributed by atoms with Gasteiger partial charge in [-0.15, -0.1) is 0 Å². The molecule has 1 aromatic carbocycles. The van der Waals surface area contributed by atoms with E-state index in [0.29, 0.717) is 5.56 Å². The second-order valence-corrected chi connectivity index (χ2v) is 6.25. The summed E-state index contributed by atoms with van der Waals surface area (Å²) in [6.45, 7) is 6.08. The van der Waals surface area contributed by atoms with Crippen LogP contribution in [0.25, 0.3) is 10.9 Å². The lowest BCUT2D eigenvalue weighted by Crippen LogP contribution is -2.38. The fourth-order valence-corrected chi connectivity index (χ4v) is 2.22. The molecule has 3 nitrogen and oxygen atoms in total. The molecule has 2 N–H and O–H groups in total. The SMILES string of the molecule is CC(C)(C)NC[C@@H](O)c1ccc(C(F)(F)F)c2cccnc12. The van der Waals surface area contributed by atoms with E-state index >= 15 is 0 Å². The highest BCUT2D eigenvalue weighted by atomic mass is 19.4.